The summed E-state index contributed by atoms with van der Waals surface area (Å²) in [5.74, 6) is 0.367. The van der Waals surface area contributed by atoms with Gasteiger partial charge in [0.2, 0.25) is 5.71 Å². The Labute approximate surface area is 146 Å². The molecule has 8 heteroatoms. The minimum absolute atomic E-state index is 0.0400. The summed E-state index contributed by atoms with van der Waals surface area (Å²) in [5.41, 5.74) is 1.44. The highest BCUT2D eigenvalue weighted by molar-refractivity contribution is 7.08. The number of H-pyrrole nitrogens is 1. The molecular formula is C17H15N3O4S. The number of oxime groups is 1. The molecule has 0 radical (unpaired) electrons. The van der Waals surface area contributed by atoms with E-state index in [1.807, 2.05) is 23.8 Å². The summed E-state index contributed by atoms with van der Waals surface area (Å²) in [6, 6.07) is 3.19. The van der Waals surface area contributed by atoms with E-state index >= 15 is 0 Å². The average Bonchev–Trinajstić information content (AvgIpc) is 3.28. The van der Waals surface area contributed by atoms with Crippen molar-refractivity contribution in [3.8, 4) is 6.01 Å². The number of fused-ring (bicyclic) bond motifs is 1. The molecule has 128 valence electrons. The number of nitrogens with zero attached hydrogens (tertiary/aromatic N) is 2. The van der Waals surface area contributed by atoms with Crippen molar-refractivity contribution in [2.24, 2.45) is 11.1 Å². The number of aryl methyl sites for hydroxylation is 1. The van der Waals surface area contributed by atoms with Gasteiger partial charge in [0.25, 0.3) is 5.56 Å². The molecule has 0 unspecified atom stereocenters. The van der Waals surface area contributed by atoms with Gasteiger partial charge in [-0.3, -0.25) is 9.78 Å². The summed E-state index contributed by atoms with van der Waals surface area (Å²) in [6.45, 7) is 1.85. The molecule has 3 aromatic rings. The lowest BCUT2D eigenvalue weighted by Gasteiger charge is -2.04. The molecule has 0 aliphatic heterocycles. The van der Waals surface area contributed by atoms with Crippen molar-refractivity contribution in [3.05, 3.63) is 54.8 Å². The number of hydrogen-bond donors (Lipinski definition) is 1. The molecule has 25 heavy (non-hydrogen) atoms. The highest BCUT2D eigenvalue weighted by Gasteiger charge is 2.29. The summed E-state index contributed by atoms with van der Waals surface area (Å²) in [7, 11) is 0. The third-order valence-electron chi connectivity index (χ3n) is 4.07. The van der Waals surface area contributed by atoms with Crippen molar-refractivity contribution in [1.29, 1.82) is 0 Å². The number of thiophene rings is 1. The first-order valence-corrected chi connectivity index (χ1v) is 8.94. The average molecular weight is 357 g/mol. The fraction of sp³-hybridized carbons (Fsp3) is 0.294. The molecule has 0 saturated heterocycles. The monoisotopic (exact) mass is 357 g/mol. The summed E-state index contributed by atoms with van der Waals surface area (Å²) >= 11 is 1.59. The van der Waals surface area contributed by atoms with Gasteiger partial charge in [0.1, 0.15) is 5.39 Å². The van der Waals surface area contributed by atoms with Crippen molar-refractivity contribution < 1.29 is 9.25 Å². The minimum Gasteiger partial charge on any atom is -0.403 e. The Hall–Kier alpha value is -2.74. The normalized spacial score (nSPS) is 14.8. The van der Waals surface area contributed by atoms with Gasteiger partial charge >= 0.3 is 11.6 Å². The van der Waals surface area contributed by atoms with Crippen LogP contribution < -0.4 is 16.0 Å². The Morgan fingerprint density at radius 3 is 3.00 bits per heavy atom. The summed E-state index contributed by atoms with van der Waals surface area (Å²) in [5, 5.41) is 8.43. The molecule has 4 rings (SSSR count). The topological polar surface area (TPSA) is 97.5 Å². The minimum atomic E-state index is -0.547. The van der Waals surface area contributed by atoms with E-state index < -0.39 is 11.2 Å². The van der Waals surface area contributed by atoms with Gasteiger partial charge in [-0.2, -0.15) is 16.3 Å². The van der Waals surface area contributed by atoms with E-state index in [1.165, 1.54) is 6.07 Å². The van der Waals surface area contributed by atoms with E-state index in [0.29, 0.717) is 17.9 Å². The first-order chi connectivity index (χ1) is 12.2. The van der Waals surface area contributed by atoms with Crippen LogP contribution in [-0.4, -0.2) is 15.7 Å². The second-order valence-electron chi connectivity index (χ2n) is 5.85. The zero-order chi connectivity index (χ0) is 17.4. The van der Waals surface area contributed by atoms with Crippen LogP contribution in [0.1, 0.15) is 30.9 Å². The van der Waals surface area contributed by atoms with Crippen LogP contribution in [0.15, 0.2) is 42.1 Å². The van der Waals surface area contributed by atoms with Gasteiger partial charge in [-0.25, -0.2) is 4.79 Å². The van der Waals surface area contributed by atoms with E-state index in [2.05, 4.69) is 15.1 Å². The van der Waals surface area contributed by atoms with Gasteiger partial charge in [0.15, 0.2) is 0 Å². The van der Waals surface area contributed by atoms with Crippen molar-refractivity contribution in [3.63, 3.8) is 0 Å². The van der Waals surface area contributed by atoms with Crippen molar-refractivity contribution in [2.45, 2.75) is 26.2 Å². The highest BCUT2D eigenvalue weighted by atomic mass is 32.1. The van der Waals surface area contributed by atoms with E-state index in [1.54, 1.807) is 11.3 Å². The molecule has 7 nitrogen and oxygen atoms in total. The maximum absolute atomic E-state index is 12.3. The smallest absolute Gasteiger partial charge is 0.337 e. The predicted octanol–water partition coefficient (Wildman–Crippen LogP) is 2.69. The van der Waals surface area contributed by atoms with Crippen molar-refractivity contribution in [1.82, 2.24) is 9.97 Å². The first-order valence-electron chi connectivity index (χ1n) is 8.00. The molecule has 0 aromatic carbocycles. The SMILES string of the molecule is CCc1cc(=O)oc2nc(O/N=C(/c3ccsc3)C3CC3)[nH]c(=O)c12. The lowest BCUT2D eigenvalue weighted by molar-refractivity contribution is 0.310. The number of aromatic amines is 1. The van der Waals surface area contributed by atoms with Crippen LogP contribution in [0, 0.1) is 5.92 Å². The summed E-state index contributed by atoms with van der Waals surface area (Å²) in [6.07, 6.45) is 2.65. The third kappa shape index (κ3) is 3.12. The van der Waals surface area contributed by atoms with Gasteiger partial charge < -0.3 is 9.25 Å². The quantitative estimate of drug-likeness (QED) is 0.559. The number of rotatable bonds is 5. The van der Waals surface area contributed by atoms with Gasteiger partial charge in [-0.05, 0) is 41.7 Å². The number of aromatic nitrogens is 2. The first kappa shape index (κ1) is 15.8. The molecule has 1 N–H and O–H groups in total. The molecule has 0 amide bonds. The molecule has 0 bridgehead atoms. The highest BCUT2D eigenvalue weighted by Crippen LogP contribution is 2.34. The van der Waals surface area contributed by atoms with E-state index in [-0.39, 0.29) is 17.1 Å². The number of nitrogens with one attached hydrogen (secondary N) is 1. The van der Waals surface area contributed by atoms with Crippen LogP contribution in [0.25, 0.3) is 11.1 Å². The van der Waals surface area contributed by atoms with E-state index in [0.717, 1.165) is 24.1 Å². The van der Waals surface area contributed by atoms with Gasteiger partial charge in [-0.15, -0.1) is 0 Å². The van der Waals surface area contributed by atoms with Crippen molar-refractivity contribution in [2.75, 3.05) is 0 Å². The van der Waals surface area contributed by atoms with Gasteiger partial charge in [-0.1, -0.05) is 12.1 Å². The summed E-state index contributed by atoms with van der Waals surface area (Å²) in [4.78, 5) is 35.9. The summed E-state index contributed by atoms with van der Waals surface area (Å²) < 4.78 is 5.05. The molecule has 0 atom stereocenters. The standard InChI is InChI=1S/C17H15N3O4S/c1-2-9-7-12(21)23-16-13(9)15(22)18-17(19-16)24-20-14(10-3-4-10)11-5-6-25-8-11/h5-8,10H,2-4H2,1H3,(H,18,19,22)/b20-14+. The van der Waals surface area contributed by atoms with Crippen LogP contribution >= 0.6 is 11.3 Å². The van der Waals surface area contributed by atoms with Gasteiger partial charge in [0, 0.05) is 17.5 Å². The van der Waals surface area contributed by atoms with Crippen LogP contribution in [0.2, 0.25) is 0 Å². The molecule has 1 aliphatic carbocycles. The Balaban J connectivity index is 1.74. The molecule has 1 aliphatic rings. The van der Waals surface area contributed by atoms with Gasteiger partial charge in [0.05, 0.1) is 5.71 Å². The maximum atomic E-state index is 12.3. The third-order valence-corrected chi connectivity index (χ3v) is 4.75. The molecule has 1 fully saturated rings. The largest absolute Gasteiger partial charge is 0.403 e. The lowest BCUT2D eigenvalue weighted by Crippen LogP contribution is -2.15. The van der Waals surface area contributed by atoms with Crippen LogP contribution in [0.5, 0.6) is 6.01 Å². The second kappa shape index (κ2) is 6.29. The molecular weight excluding hydrogens is 342 g/mol. The predicted molar refractivity (Wildman–Crippen MR) is 94.5 cm³/mol. The fourth-order valence-electron chi connectivity index (χ4n) is 2.67. The van der Waals surface area contributed by atoms with E-state index in [4.69, 9.17) is 9.25 Å². The molecule has 1 saturated carbocycles. The Bertz CT molecular complexity index is 1060. The van der Waals surface area contributed by atoms with E-state index in [9.17, 15) is 9.59 Å². The molecule has 3 aromatic heterocycles. The zero-order valence-corrected chi connectivity index (χ0v) is 14.3. The van der Waals surface area contributed by atoms with Crippen LogP contribution in [-0.2, 0) is 6.42 Å². The number of hydrogen-bond acceptors (Lipinski definition) is 7. The molecule has 3 heterocycles. The second-order valence-corrected chi connectivity index (χ2v) is 6.63. The Kier molecular flexibility index (Phi) is 3.96. The fourth-order valence-corrected chi connectivity index (χ4v) is 3.32. The lowest BCUT2D eigenvalue weighted by atomic mass is 10.1. The van der Waals surface area contributed by atoms with Crippen molar-refractivity contribution >= 4 is 28.1 Å². The Morgan fingerprint density at radius 1 is 1.48 bits per heavy atom. The zero-order valence-electron chi connectivity index (χ0n) is 13.4. The molecule has 0 spiro atoms. The van der Waals surface area contributed by atoms with Crippen LogP contribution in [0.3, 0.4) is 0 Å². The van der Waals surface area contributed by atoms with Crippen LogP contribution in [0.4, 0.5) is 0 Å². The maximum Gasteiger partial charge on any atom is 0.337 e. The Morgan fingerprint density at radius 2 is 2.32 bits per heavy atom.